The monoisotopic (exact) mass is 275 g/mol. The first kappa shape index (κ1) is 14.1. The zero-order valence-corrected chi connectivity index (χ0v) is 12.5. The summed E-state index contributed by atoms with van der Waals surface area (Å²) < 4.78 is 5.90. The number of hydrogen-bond donors (Lipinski definition) is 1. The Kier molecular flexibility index (Phi) is 4.11. The second-order valence-corrected chi connectivity index (χ2v) is 6.36. The molecular formula is C17H25NO2. The van der Waals surface area contributed by atoms with E-state index in [2.05, 4.69) is 36.9 Å². The zero-order valence-electron chi connectivity index (χ0n) is 12.5. The largest absolute Gasteiger partial charge is 0.390 e. The van der Waals surface area contributed by atoms with E-state index in [4.69, 9.17) is 4.74 Å². The van der Waals surface area contributed by atoms with Crippen molar-refractivity contribution in [3.05, 3.63) is 34.9 Å². The highest BCUT2D eigenvalue weighted by Crippen LogP contribution is 2.25. The molecule has 0 amide bonds. The Hall–Kier alpha value is -0.900. The number of ether oxygens (including phenoxy) is 1. The van der Waals surface area contributed by atoms with Crippen molar-refractivity contribution in [2.45, 2.75) is 51.4 Å². The molecule has 0 aromatic heterocycles. The topological polar surface area (TPSA) is 32.7 Å². The second kappa shape index (κ2) is 5.84. The van der Waals surface area contributed by atoms with Crippen molar-refractivity contribution in [1.82, 2.24) is 4.90 Å². The molecule has 2 fully saturated rings. The third-order valence-corrected chi connectivity index (χ3v) is 4.78. The first-order chi connectivity index (χ1) is 9.63. The number of nitrogens with zero attached hydrogens (tertiary/aromatic N) is 1. The molecule has 110 valence electrons. The van der Waals surface area contributed by atoms with Gasteiger partial charge in [0.25, 0.3) is 0 Å². The molecule has 0 aliphatic carbocycles. The Morgan fingerprint density at radius 1 is 1.40 bits per heavy atom. The summed E-state index contributed by atoms with van der Waals surface area (Å²) in [6, 6.07) is 7.03. The second-order valence-electron chi connectivity index (χ2n) is 6.36. The molecule has 3 heteroatoms. The molecule has 0 spiro atoms. The summed E-state index contributed by atoms with van der Waals surface area (Å²) in [5.74, 6) is 0. The van der Waals surface area contributed by atoms with Gasteiger partial charge >= 0.3 is 0 Å². The summed E-state index contributed by atoms with van der Waals surface area (Å²) in [4.78, 5) is 2.49. The normalized spacial score (nSPS) is 28.4. The molecule has 3 atom stereocenters. The van der Waals surface area contributed by atoms with Crippen molar-refractivity contribution in [2.24, 2.45) is 0 Å². The molecule has 2 heterocycles. The van der Waals surface area contributed by atoms with Crippen LogP contribution in [0.2, 0.25) is 0 Å². The van der Waals surface area contributed by atoms with E-state index in [0.29, 0.717) is 12.5 Å². The lowest BCUT2D eigenvalue weighted by molar-refractivity contribution is -0.101. The predicted octanol–water partition coefficient (Wildman–Crippen LogP) is 2.07. The first-order valence-corrected chi connectivity index (χ1v) is 7.73. The van der Waals surface area contributed by atoms with Crippen LogP contribution in [0.15, 0.2) is 18.2 Å². The molecule has 2 saturated heterocycles. The number of hydrogen-bond acceptors (Lipinski definition) is 3. The van der Waals surface area contributed by atoms with E-state index in [1.165, 1.54) is 36.1 Å². The molecule has 2 aliphatic rings. The third-order valence-electron chi connectivity index (χ3n) is 4.78. The van der Waals surface area contributed by atoms with Gasteiger partial charge in [-0.05, 0) is 44.4 Å². The molecule has 1 N–H and O–H groups in total. The summed E-state index contributed by atoms with van der Waals surface area (Å²) in [6.07, 6.45) is 2.77. The van der Waals surface area contributed by atoms with Crippen molar-refractivity contribution in [3.63, 3.8) is 0 Å². The van der Waals surface area contributed by atoms with Gasteiger partial charge in [-0.3, -0.25) is 4.90 Å². The van der Waals surface area contributed by atoms with Gasteiger partial charge in [-0.2, -0.15) is 0 Å². The van der Waals surface area contributed by atoms with Gasteiger partial charge in [-0.15, -0.1) is 0 Å². The number of rotatable bonds is 3. The molecule has 3 unspecified atom stereocenters. The van der Waals surface area contributed by atoms with E-state index in [0.717, 1.165) is 13.2 Å². The van der Waals surface area contributed by atoms with Gasteiger partial charge in [0.1, 0.15) is 0 Å². The van der Waals surface area contributed by atoms with Crippen molar-refractivity contribution in [2.75, 3.05) is 19.7 Å². The number of aryl methyl sites for hydroxylation is 2. The van der Waals surface area contributed by atoms with Gasteiger partial charge in [0.15, 0.2) is 0 Å². The number of benzene rings is 1. The van der Waals surface area contributed by atoms with E-state index in [1.54, 1.807) is 0 Å². The number of fused-ring (bicyclic) bond motifs is 1. The molecule has 0 radical (unpaired) electrons. The van der Waals surface area contributed by atoms with Gasteiger partial charge in [0.05, 0.1) is 18.8 Å². The van der Waals surface area contributed by atoms with E-state index >= 15 is 0 Å². The minimum Gasteiger partial charge on any atom is -0.390 e. The van der Waals surface area contributed by atoms with Crippen LogP contribution >= 0.6 is 0 Å². The van der Waals surface area contributed by atoms with Gasteiger partial charge in [-0.1, -0.05) is 23.8 Å². The molecule has 3 nitrogen and oxygen atoms in total. The van der Waals surface area contributed by atoms with Gasteiger partial charge in [-0.25, -0.2) is 0 Å². The summed E-state index contributed by atoms with van der Waals surface area (Å²) in [5.41, 5.74) is 3.75. The summed E-state index contributed by atoms with van der Waals surface area (Å²) in [5, 5.41) is 10.5. The maximum absolute atomic E-state index is 10.5. The van der Waals surface area contributed by atoms with Crippen LogP contribution in [0.5, 0.6) is 0 Å². The van der Waals surface area contributed by atoms with Gasteiger partial charge < -0.3 is 9.84 Å². The Morgan fingerprint density at radius 2 is 2.25 bits per heavy atom. The van der Waals surface area contributed by atoms with Crippen LogP contribution in [0.25, 0.3) is 0 Å². The molecule has 2 aliphatic heterocycles. The van der Waals surface area contributed by atoms with Crippen LogP contribution in [0.4, 0.5) is 0 Å². The molecule has 0 saturated carbocycles. The van der Waals surface area contributed by atoms with E-state index in [1.807, 2.05) is 0 Å². The van der Waals surface area contributed by atoms with Crippen LogP contribution in [0, 0.1) is 13.8 Å². The van der Waals surface area contributed by atoms with Crippen molar-refractivity contribution < 1.29 is 9.84 Å². The predicted molar refractivity (Wildman–Crippen MR) is 80.0 cm³/mol. The van der Waals surface area contributed by atoms with Crippen LogP contribution < -0.4 is 0 Å². The summed E-state index contributed by atoms with van der Waals surface area (Å²) in [6.45, 7) is 7.05. The molecule has 20 heavy (non-hydrogen) atoms. The standard InChI is InChI=1S/C17H25NO2/c1-12-5-6-13(2)14(8-12)9-16(19)17-10-18-7-3-4-15(18)11-20-17/h5-6,8,15-17,19H,3-4,7,9-11H2,1-2H3. The molecular weight excluding hydrogens is 250 g/mol. The lowest BCUT2D eigenvalue weighted by atomic mass is 9.97. The smallest absolute Gasteiger partial charge is 0.0964 e. The lowest BCUT2D eigenvalue weighted by Gasteiger charge is -2.37. The van der Waals surface area contributed by atoms with E-state index < -0.39 is 6.10 Å². The average molecular weight is 275 g/mol. The summed E-state index contributed by atoms with van der Waals surface area (Å²) >= 11 is 0. The highest BCUT2D eigenvalue weighted by molar-refractivity contribution is 5.31. The lowest BCUT2D eigenvalue weighted by Crippen LogP contribution is -2.50. The number of aliphatic hydroxyl groups excluding tert-OH is 1. The Labute approximate surface area is 121 Å². The van der Waals surface area contributed by atoms with E-state index in [-0.39, 0.29) is 6.10 Å². The maximum atomic E-state index is 10.5. The fourth-order valence-electron chi connectivity index (χ4n) is 3.45. The fraction of sp³-hybridized carbons (Fsp3) is 0.647. The van der Waals surface area contributed by atoms with Crippen LogP contribution in [0.1, 0.15) is 29.5 Å². The zero-order chi connectivity index (χ0) is 14.1. The van der Waals surface area contributed by atoms with Crippen molar-refractivity contribution in [1.29, 1.82) is 0 Å². The molecule has 1 aromatic carbocycles. The Balaban J connectivity index is 1.64. The van der Waals surface area contributed by atoms with Crippen molar-refractivity contribution >= 4 is 0 Å². The minimum atomic E-state index is -0.406. The van der Waals surface area contributed by atoms with E-state index in [9.17, 15) is 5.11 Å². The van der Waals surface area contributed by atoms with Crippen LogP contribution in [-0.2, 0) is 11.2 Å². The maximum Gasteiger partial charge on any atom is 0.0964 e. The molecule has 1 aromatic rings. The van der Waals surface area contributed by atoms with Crippen LogP contribution in [-0.4, -0.2) is 48.0 Å². The van der Waals surface area contributed by atoms with Crippen molar-refractivity contribution in [3.8, 4) is 0 Å². The number of morpholine rings is 1. The average Bonchev–Trinajstić information content (AvgIpc) is 2.90. The first-order valence-electron chi connectivity index (χ1n) is 7.73. The van der Waals surface area contributed by atoms with Gasteiger partial charge in [0.2, 0.25) is 0 Å². The molecule has 3 rings (SSSR count). The molecule has 0 bridgehead atoms. The van der Waals surface area contributed by atoms with Crippen LogP contribution in [0.3, 0.4) is 0 Å². The quantitative estimate of drug-likeness (QED) is 0.916. The van der Waals surface area contributed by atoms with Gasteiger partial charge in [0, 0.05) is 19.0 Å². The Morgan fingerprint density at radius 3 is 3.10 bits per heavy atom. The minimum absolute atomic E-state index is 0.0377. The highest BCUT2D eigenvalue weighted by atomic mass is 16.5. The fourth-order valence-corrected chi connectivity index (χ4v) is 3.45. The Bertz CT molecular complexity index is 474. The SMILES string of the molecule is Cc1ccc(C)c(CC(O)C2CN3CCCC3CO2)c1. The highest BCUT2D eigenvalue weighted by Gasteiger charge is 2.35. The summed E-state index contributed by atoms with van der Waals surface area (Å²) in [7, 11) is 0. The number of aliphatic hydroxyl groups is 1. The third kappa shape index (κ3) is 2.90.